The van der Waals surface area contributed by atoms with Gasteiger partial charge in [-0.25, -0.2) is 4.79 Å². The summed E-state index contributed by atoms with van der Waals surface area (Å²) >= 11 is 0. The molecule has 2 saturated heterocycles. The van der Waals surface area contributed by atoms with Gasteiger partial charge in [-0.3, -0.25) is 14.6 Å². The fraction of sp³-hybridized carbons (Fsp3) is 0.545. The Kier molecular flexibility index (Phi) is 7.20. The molecular formula is C22H26F3N3O4. The number of halogens is 3. The van der Waals surface area contributed by atoms with Crippen molar-refractivity contribution in [2.75, 3.05) is 19.6 Å². The number of pyridine rings is 1. The van der Waals surface area contributed by atoms with Crippen LogP contribution in [0.2, 0.25) is 0 Å². The number of aliphatic carboxylic acids is 1. The zero-order chi connectivity index (χ0) is 23.4. The number of amides is 2. The third-order valence-corrected chi connectivity index (χ3v) is 6.24. The van der Waals surface area contributed by atoms with Crippen LogP contribution in [0.25, 0.3) is 0 Å². The molecule has 10 heteroatoms. The molecule has 1 spiro atoms. The number of hydrogen-bond acceptors (Lipinski definition) is 4. The van der Waals surface area contributed by atoms with Crippen molar-refractivity contribution in [1.82, 2.24) is 14.8 Å². The zero-order valence-corrected chi connectivity index (χ0v) is 17.6. The molecule has 3 aliphatic rings. The Morgan fingerprint density at radius 3 is 2.34 bits per heavy atom. The number of carbonyl (C=O) groups excluding carboxylic acids is 2. The fourth-order valence-electron chi connectivity index (χ4n) is 4.45. The molecule has 2 amide bonds. The van der Waals surface area contributed by atoms with Crippen molar-refractivity contribution in [3.63, 3.8) is 0 Å². The molecule has 4 rings (SSSR count). The lowest BCUT2D eigenvalue weighted by atomic mass is 9.77. The van der Waals surface area contributed by atoms with Gasteiger partial charge in [0.25, 0.3) is 0 Å². The molecule has 1 aromatic rings. The fourth-order valence-corrected chi connectivity index (χ4v) is 4.45. The summed E-state index contributed by atoms with van der Waals surface area (Å²) in [7, 11) is 0. The summed E-state index contributed by atoms with van der Waals surface area (Å²) < 4.78 is 31.7. The van der Waals surface area contributed by atoms with Gasteiger partial charge < -0.3 is 14.9 Å². The number of carbonyl (C=O) groups is 3. The molecule has 0 atom stereocenters. The maximum absolute atomic E-state index is 12.6. The highest BCUT2D eigenvalue weighted by atomic mass is 19.4. The van der Waals surface area contributed by atoms with Gasteiger partial charge in [0, 0.05) is 56.3 Å². The molecule has 32 heavy (non-hydrogen) atoms. The smallest absolute Gasteiger partial charge is 0.475 e. The van der Waals surface area contributed by atoms with E-state index in [0.717, 1.165) is 50.9 Å². The van der Waals surface area contributed by atoms with Crippen molar-refractivity contribution < 1.29 is 32.7 Å². The van der Waals surface area contributed by atoms with E-state index < -0.39 is 12.1 Å². The molecule has 2 fully saturated rings. The number of carboxylic acid groups (broad SMARTS) is 1. The van der Waals surface area contributed by atoms with Crippen molar-refractivity contribution in [3.8, 4) is 0 Å². The molecule has 0 unspecified atom stereocenters. The number of hydrogen-bond donors (Lipinski definition) is 1. The SMILES string of the molecule is O=C(O)C(F)(F)F.O=C1CC2(CCN(C(=O)C3CC=CC3)CC2)CN1Cc1cccnc1. The maximum atomic E-state index is 12.6. The van der Waals surface area contributed by atoms with Crippen LogP contribution in [0.1, 0.15) is 37.7 Å². The van der Waals surface area contributed by atoms with Gasteiger partial charge in [0.05, 0.1) is 0 Å². The molecule has 3 heterocycles. The number of piperidine rings is 1. The average molecular weight is 453 g/mol. The first-order valence-electron chi connectivity index (χ1n) is 10.5. The number of carboxylic acids is 1. The summed E-state index contributed by atoms with van der Waals surface area (Å²) in [4.78, 5) is 42.1. The van der Waals surface area contributed by atoms with E-state index in [0.29, 0.717) is 18.9 Å². The highest BCUT2D eigenvalue weighted by Gasteiger charge is 2.45. The van der Waals surface area contributed by atoms with Gasteiger partial charge in [-0.05, 0) is 37.3 Å². The predicted molar refractivity (Wildman–Crippen MR) is 108 cm³/mol. The van der Waals surface area contributed by atoms with Crippen LogP contribution in [0.5, 0.6) is 0 Å². The second-order valence-corrected chi connectivity index (χ2v) is 8.56. The normalized spacial score (nSPS) is 20.4. The van der Waals surface area contributed by atoms with Gasteiger partial charge in [-0.1, -0.05) is 18.2 Å². The van der Waals surface area contributed by atoms with E-state index in [9.17, 15) is 22.8 Å². The van der Waals surface area contributed by atoms with Crippen molar-refractivity contribution in [1.29, 1.82) is 0 Å². The molecule has 0 bridgehead atoms. The second-order valence-electron chi connectivity index (χ2n) is 8.56. The van der Waals surface area contributed by atoms with Gasteiger partial charge in [0.1, 0.15) is 0 Å². The summed E-state index contributed by atoms with van der Waals surface area (Å²) in [5.74, 6) is -2.06. The minimum absolute atomic E-state index is 0.0595. The maximum Gasteiger partial charge on any atom is 0.490 e. The van der Waals surface area contributed by atoms with Crippen LogP contribution < -0.4 is 0 Å². The first kappa shape index (κ1) is 23.7. The summed E-state index contributed by atoms with van der Waals surface area (Å²) in [6, 6.07) is 3.93. The van der Waals surface area contributed by atoms with E-state index in [1.54, 1.807) is 6.20 Å². The number of nitrogens with zero attached hydrogens (tertiary/aromatic N) is 3. The van der Waals surface area contributed by atoms with Crippen LogP contribution in [0.15, 0.2) is 36.7 Å². The number of alkyl halides is 3. The van der Waals surface area contributed by atoms with Crippen LogP contribution in [0.3, 0.4) is 0 Å². The first-order chi connectivity index (χ1) is 15.1. The summed E-state index contributed by atoms with van der Waals surface area (Å²) in [6.07, 6.45) is 7.00. The summed E-state index contributed by atoms with van der Waals surface area (Å²) in [6.45, 7) is 3.05. The van der Waals surface area contributed by atoms with E-state index in [-0.39, 0.29) is 17.2 Å². The highest BCUT2D eigenvalue weighted by molar-refractivity contribution is 5.81. The Morgan fingerprint density at radius 2 is 1.81 bits per heavy atom. The Bertz CT molecular complexity index is 857. The highest BCUT2D eigenvalue weighted by Crippen LogP contribution is 2.42. The lowest BCUT2D eigenvalue weighted by molar-refractivity contribution is -0.192. The Morgan fingerprint density at radius 1 is 1.19 bits per heavy atom. The Balaban J connectivity index is 0.000000360. The van der Waals surface area contributed by atoms with Gasteiger partial charge in [0.15, 0.2) is 0 Å². The summed E-state index contributed by atoms with van der Waals surface area (Å²) in [5.41, 5.74) is 1.14. The minimum Gasteiger partial charge on any atom is -0.475 e. The Hall–Kier alpha value is -2.91. The van der Waals surface area contributed by atoms with Crippen LogP contribution in [0.4, 0.5) is 13.2 Å². The van der Waals surface area contributed by atoms with Crippen LogP contribution in [0, 0.1) is 11.3 Å². The van der Waals surface area contributed by atoms with Crippen molar-refractivity contribution >= 4 is 17.8 Å². The van der Waals surface area contributed by atoms with Gasteiger partial charge in [-0.2, -0.15) is 13.2 Å². The molecular weight excluding hydrogens is 427 g/mol. The minimum atomic E-state index is -5.08. The molecule has 1 aliphatic carbocycles. The van der Waals surface area contributed by atoms with Crippen LogP contribution >= 0.6 is 0 Å². The molecule has 2 aliphatic heterocycles. The third-order valence-electron chi connectivity index (χ3n) is 6.24. The van der Waals surface area contributed by atoms with Crippen molar-refractivity contribution in [2.45, 2.75) is 44.8 Å². The van der Waals surface area contributed by atoms with Crippen LogP contribution in [-0.4, -0.2) is 63.5 Å². The second kappa shape index (κ2) is 9.70. The van der Waals surface area contributed by atoms with E-state index in [1.807, 2.05) is 28.1 Å². The topological polar surface area (TPSA) is 90.8 Å². The molecule has 174 valence electrons. The number of rotatable bonds is 3. The number of likely N-dealkylation sites (tertiary alicyclic amines) is 2. The van der Waals surface area contributed by atoms with E-state index in [2.05, 4.69) is 17.1 Å². The molecule has 7 nitrogen and oxygen atoms in total. The number of aromatic nitrogens is 1. The monoisotopic (exact) mass is 453 g/mol. The standard InChI is InChI=1S/C20H25N3O2.C2HF3O2/c24-18-12-20(15-23(18)14-16-4-3-9-21-13-16)7-10-22(11-8-20)19(25)17-5-1-2-6-17;3-2(4,5)1(6)7/h1-4,9,13,17H,5-8,10-12,14-15H2;(H,6,7). The van der Waals surface area contributed by atoms with Crippen molar-refractivity contribution in [2.24, 2.45) is 11.3 Å². The van der Waals surface area contributed by atoms with Gasteiger partial charge in [-0.15, -0.1) is 0 Å². The Labute approximate surface area is 183 Å². The third kappa shape index (κ3) is 5.86. The van der Waals surface area contributed by atoms with E-state index in [1.165, 1.54) is 0 Å². The van der Waals surface area contributed by atoms with Crippen LogP contribution in [-0.2, 0) is 20.9 Å². The zero-order valence-electron chi connectivity index (χ0n) is 17.6. The molecule has 0 saturated carbocycles. The average Bonchev–Trinajstić information content (AvgIpc) is 3.38. The van der Waals surface area contributed by atoms with Crippen molar-refractivity contribution in [3.05, 3.63) is 42.2 Å². The number of allylic oxidation sites excluding steroid dienone is 2. The lowest BCUT2D eigenvalue weighted by Crippen LogP contribution is -2.46. The molecule has 1 aromatic heterocycles. The van der Waals surface area contributed by atoms with E-state index in [4.69, 9.17) is 9.90 Å². The first-order valence-corrected chi connectivity index (χ1v) is 10.5. The summed E-state index contributed by atoms with van der Waals surface area (Å²) in [5, 5.41) is 7.12. The lowest BCUT2D eigenvalue weighted by Gasteiger charge is -2.39. The largest absolute Gasteiger partial charge is 0.490 e. The van der Waals surface area contributed by atoms with Gasteiger partial charge >= 0.3 is 12.1 Å². The molecule has 0 radical (unpaired) electrons. The molecule has 1 N–H and O–H groups in total. The van der Waals surface area contributed by atoms with Gasteiger partial charge in [0.2, 0.25) is 11.8 Å². The van der Waals surface area contributed by atoms with E-state index >= 15 is 0 Å². The molecule has 0 aromatic carbocycles. The predicted octanol–water partition coefficient (Wildman–Crippen LogP) is 3.02. The quantitative estimate of drug-likeness (QED) is 0.711.